The molecule has 0 bridgehead atoms. The number of nitrogens with zero attached hydrogens (tertiary/aromatic N) is 2. The average Bonchev–Trinajstić information content (AvgIpc) is 3.21. The van der Waals surface area contributed by atoms with Gasteiger partial charge in [0.25, 0.3) is 0 Å². The van der Waals surface area contributed by atoms with Gasteiger partial charge in [0.1, 0.15) is 5.69 Å². The Morgan fingerprint density at radius 2 is 1.82 bits per heavy atom. The molecule has 0 aliphatic carbocycles. The molecule has 0 spiro atoms. The smallest absolute Gasteiger partial charge is 0.248 e. The van der Waals surface area contributed by atoms with Crippen molar-refractivity contribution in [1.82, 2.24) is 9.46 Å². The van der Waals surface area contributed by atoms with Crippen LogP contribution in [0.4, 0.5) is 5.69 Å². The number of benzene rings is 2. The van der Waals surface area contributed by atoms with Crippen molar-refractivity contribution in [2.75, 3.05) is 18.4 Å². The van der Waals surface area contributed by atoms with Gasteiger partial charge in [-0.3, -0.25) is 4.79 Å². The lowest BCUT2D eigenvalue weighted by Gasteiger charge is -2.31. The van der Waals surface area contributed by atoms with Gasteiger partial charge in [-0.1, -0.05) is 59.8 Å². The Morgan fingerprint density at radius 1 is 1.09 bits per heavy atom. The second-order valence-electron chi connectivity index (χ2n) is 8.21. The van der Waals surface area contributed by atoms with Gasteiger partial charge in [0.15, 0.2) is 10.7 Å². The van der Waals surface area contributed by atoms with Crippen LogP contribution in [0.3, 0.4) is 0 Å². The maximum atomic E-state index is 13.5. The summed E-state index contributed by atoms with van der Waals surface area (Å²) >= 11 is 0. The van der Waals surface area contributed by atoms with Crippen LogP contribution < -0.4 is 5.32 Å². The summed E-state index contributed by atoms with van der Waals surface area (Å²) in [5.41, 5.74) is 2.92. The highest BCUT2D eigenvalue weighted by atomic mass is 32.2. The number of carbonyl (C=O) groups is 1. The van der Waals surface area contributed by atoms with Crippen LogP contribution in [0.1, 0.15) is 35.4 Å². The third-order valence-electron chi connectivity index (χ3n) is 5.82. The number of hydrogen-bond donors (Lipinski definition) is 1. The van der Waals surface area contributed by atoms with Crippen LogP contribution in [0.15, 0.2) is 64.0 Å². The van der Waals surface area contributed by atoms with Gasteiger partial charge in [0.2, 0.25) is 15.9 Å². The van der Waals surface area contributed by atoms with Crippen molar-refractivity contribution >= 4 is 33.8 Å². The largest absolute Gasteiger partial charge is 0.355 e. The predicted octanol–water partition coefficient (Wildman–Crippen LogP) is 4.50. The van der Waals surface area contributed by atoms with Crippen molar-refractivity contribution in [2.24, 2.45) is 5.92 Å². The van der Waals surface area contributed by atoms with E-state index in [0.29, 0.717) is 25.1 Å². The first-order valence-electron chi connectivity index (χ1n) is 10.9. The van der Waals surface area contributed by atoms with Crippen molar-refractivity contribution < 1.29 is 17.7 Å². The van der Waals surface area contributed by atoms with Crippen molar-refractivity contribution in [3.8, 4) is 0 Å². The average molecular weight is 466 g/mol. The molecule has 1 fully saturated rings. The molecule has 1 N–H and O–H groups in total. The van der Waals surface area contributed by atoms with Crippen molar-refractivity contribution in [3.63, 3.8) is 0 Å². The van der Waals surface area contributed by atoms with Gasteiger partial charge in [0, 0.05) is 18.8 Å². The lowest BCUT2D eigenvalue weighted by molar-refractivity contribution is -0.120. The highest BCUT2D eigenvalue weighted by Crippen LogP contribution is 2.30. The van der Waals surface area contributed by atoms with Crippen LogP contribution in [-0.2, 0) is 14.8 Å². The summed E-state index contributed by atoms with van der Waals surface area (Å²) in [7, 11) is -3.89. The molecule has 1 amide bonds. The summed E-state index contributed by atoms with van der Waals surface area (Å²) in [6.45, 7) is 4.00. The number of nitrogens with one attached hydrogen (secondary N) is 1. The maximum Gasteiger partial charge on any atom is 0.248 e. The van der Waals surface area contributed by atoms with Crippen molar-refractivity contribution in [3.05, 3.63) is 77.2 Å². The Balaban J connectivity index is 1.54. The number of amides is 1. The first-order valence-corrected chi connectivity index (χ1v) is 12.4. The minimum atomic E-state index is -3.89. The maximum absolute atomic E-state index is 13.5. The molecule has 0 radical (unpaired) electrons. The molecule has 8 heteroatoms. The molecule has 2 aromatic carbocycles. The van der Waals surface area contributed by atoms with Gasteiger partial charge in [-0.2, -0.15) is 4.31 Å². The first kappa shape index (κ1) is 22.9. The molecule has 0 unspecified atom stereocenters. The molecule has 1 saturated heterocycles. The zero-order chi connectivity index (χ0) is 23.4. The summed E-state index contributed by atoms with van der Waals surface area (Å²) in [6, 6.07) is 17.1. The van der Waals surface area contributed by atoms with Gasteiger partial charge in [-0.15, -0.1) is 0 Å². The van der Waals surface area contributed by atoms with Gasteiger partial charge < -0.3 is 9.84 Å². The second kappa shape index (κ2) is 9.72. The topological polar surface area (TPSA) is 92.5 Å². The van der Waals surface area contributed by atoms with E-state index in [1.54, 1.807) is 19.1 Å². The number of sulfonamides is 1. The molecule has 1 aliphatic rings. The number of carbonyl (C=O) groups excluding carboxylic acids is 1. The third-order valence-corrected chi connectivity index (χ3v) is 7.84. The van der Waals surface area contributed by atoms with E-state index < -0.39 is 15.9 Å². The number of rotatable bonds is 6. The normalized spacial score (nSPS) is 17.3. The molecule has 7 nitrogen and oxygen atoms in total. The predicted molar refractivity (Wildman–Crippen MR) is 128 cm³/mol. The van der Waals surface area contributed by atoms with E-state index in [1.807, 2.05) is 61.5 Å². The Labute approximate surface area is 194 Å². The number of piperidine rings is 1. The fourth-order valence-corrected chi connectivity index (χ4v) is 5.76. The lowest BCUT2D eigenvalue weighted by atomic mass is 9.98. The van der Waals surface area contributed by atoms with Gasteiger partial charge in [0.05, 0.1) is 5.92 Å². The number of hydrogen-bond acceptors (Lipinski definition) is 5. The first-order chi connectivity index (χ1) is 15.9. The van der Waals surface area contributed by atoms with E-state index in [2.05, 4.69) is 10.5 Å². The number of anilines is 1. The Kier molecular flexibility index (Phi) is 6.76. The molecule has 1 aromatic heterocycles. The molecule has 0 saturated carbocycles. The summed E-state index contributed by atoms with van der Waals surface area (Å²) in [4.78, 5) is 12.9. The van der Waals surface area contributed by atoms with Crippen molar-refractivity contribution in [2.45, 2.75) is 31.6 Å². The molecular weight excluding hydrogens is 438 g/mol. The highest BCUT2D eigenvalue weighted by Gasteiger charge is 2.37. The van der Waals surface area contributed by atoms with E-state index in [0.717, 1.165) is 16.8 Å². The summed E-state index contributed by atoms with van der Waals surface area (Å²) < 4.78 is 33.8. The van der Waals surface area contributed by atoms with E-state index in [1.165, 1.54) is 4.31 Å². The molecule has 172 valence electrons. The highest BCUT2D eigenvalue weighted by molar-refractivity contribution is 7.89. The number of para-hydroxylation sites is 1. The molecular formula is C25H27N3O4S. The number of aromatic nitrogens is 1. The van der Waals surface area contributed by atoms with E-state index >= 15 is 0 Å². The van der Waals surface area contributed by atoms with Crippen LogP contribution in [0.25, 0.3) is 12.2 Å². The Bertz CT molecular complexity index is 1270. The van der Waals surface area contributed by atoms with E-state index in [9.17, 15) is 13.2 Å². The zero-order valence-electron chi connectivity index (χ0n) is 18.7. The zero-order valence-corrected chi connectivity index (χ0v) is 19.5. The third kappa shape index (κ3) is 5.07. The van der Waals surface area contributed by atoms with Crippen LogP contribution in [-0.4, -0.2) is 36.9 Å². The quantitative estimate of drug-likeness (QED) is 0.579. The van der Waals surface area contributed by atoms with Crippen LogP contribution in [0, 0.1) is 19.8 Å². The van der Waals surface area contributed by atoms with Crippen LogP contribution in [0.5, 0.6) is 0 Å². The Morgan fingerprint density at radius 3 is 2.58 bits per heavy atom. The van der Waals surface area contributed by atoms with E-state index in [-0.39, 0.29) is 23.1 Å². The van der Waals surface area contributed by atoms with Crippen LogP contribution in [0.2, 0.25) is 0 Å². The fourth-order valence-electron chi connectivity index (χ4n) is 3.99. The summed E-state index contributed by atoms with van der Waals surface area (Å²) in [5, 5.41) is 6.84. The molecule has 4 rings (SSSR count). The van der Waals surface area contributed by atoms with E-state index in [4.69, 9.17) is 4.52 Å². The molecule has 1 atom stereocenters. The fraction of sp³-hybridized carbons (Fsp3) is 0.280. The van der Waals surface area contributed by atoms with Gasteiger partial charge in [-0.25, -0.2) is 8.42 Å². The van der Waals surface area contributed by atoms with Crippen LogP contribution >= 0.6 is 0 Å². The molecule has 2 heterocycles. The molecule has 3 aromatic rings. The standard InChI is InChI=1S/C25H27N3O4S/c1-18-9-6-7-13-22(18)26-25(29)21-12-8-16-28(17-21)33(30,31)24-19(2)27-32-23(24)15-14-20-10-4-3-5-11-20/h3-7,9-11,13-15,21H,8,12,16-17H2,1-2H3,(H,26,29)/b15-14+/t21-/m0/s1. The van der Waals surface area contributed by atoms with Gasteiger partial charge in [-0.05, 0) is 50.0 Å². The summed E-state index contributed by atoms with van der Waals surface area (Å²) in [5.74, 6) is -0.421. The van der Waals surface area contributed by atoms with Gasteiger partial charge >= 0.3 is 0 Å². The molecule has 33 heavy (non-hydrogen) atoms. The Hall–Kier alpha value is -3.23. The minimum Gasteiger partial charge on any atom is -0.355 e. The van der Waals surface area contributed by atoms with Crippen molar-refractivity contribution in [1.29, 1.82) is 0 Å². The summed E-state index contributed by atoms with van der Waals surface area (Å²) in [6.07, 6.45) is 4.64. The molecule has 1 aliphatic heterocycles. The monoisotopic (exact) mass is 465 g/mol. The SMILES string of the molecule is Cc1ccccc1NC(=O)[C@H]1CCCN(S(=O)(=O)c2c(C)noc2/C=C/c2ccccc2)C1. The minimum absolute atomic E-state index is 0.0506. The lowest BCUT2D eigenvalue weighted by Crippen LogP contribution is -2.44. The second-order valence-corrected chi connectivity index (χ2v) is 10.1. The number of aryl methyl sites for hydroxylation is 2.